The molecule has 68 valence electrons. The van der Waals surface area contributed by atoms with Crippen LogP contribution in [0.4, 0.5) is 0 Å². The van der Waals surface area contributed by atoms with Crippen molar-refractivity contribution in [3.8, 4) is 5.75 Å². The molecule has 1 N–H and O–H groups in total. The van der Waals surface area contributed by atoms with Gasteiger partial charge in [-0.25, -0.2) is 0 Å². The van der Waals surface area contributed by atoms with E-state index in [-0.39, 0.29) is 0 Å². The number of rotatable bonds is 2. The number of para-hydroxylation sites is 1. The second-order valence-corrected chi connectivity index (χ2v) is 2.89. The zero-order chi connectivity index (χ0) is 9.68. The van der Waals surface area contributed by atoms with Crippen molar-refractivity contribution in [2.45, 2.75) is 13.8 Å². The lowest BCUT2D eigenvalue weighted by Crippen LogP contribution is -1.79. The van der Waals surface area contributed by atoms with E-state index >= 15 is 0 Å². The molecular weight excluding hydrogens is 160 g/mol. The molecule has 0 atom stereocenters. The number of phenols is 1. The molecule has 13 heavy (non-hydrogen) atoms. The Morgan fingerprint density at radius 2 is 2.00 bits per heavy atom. The monoisotopic (exact) mass is 174 g/mol. The fraction of sp³-hybridized carbons (Fsp3) is 0.167. The molecule has 1 heteroatoms. The highest BCUT2D eigenvalue weighted by molar-refractivity contribution is 5.69. The lowest BCUT2D eigenvalue weighted by molar-refractivity contribution is 0.473. The molecule has 1 aromatic rings. The van der Waals surface area contributed by atoms with Crippen LogP contribution in [0.1, 0.15) is 19.4 Å². The highest BCUT2D eigenvalue weighted by atomic mass is 16.3. The molecule has 0 radical (unpaired) electrons. The molecule has 0 aliphatic heterocycles. The number of hydrogen-bond donors (Lipinski definition) is 1. The van der Waals surface area contributed by atoms with Gasteiger partial charge in [-0.15, -0.1) is 0 Å². The minimum atomic E-state index is 0.334. The predicted molar refractivity (Wildman–Crippen MR) is 56.6 cm³/mol. The van der Waals surface area contributed by atoms with Gasteiger partial charge < -0.3 is 5.11 Å². The molecule has 0 saturated heterocycles. The molecule has 0 saturated carbocycles. The van der Waals surface area contributed by atoms with E-state index in [0.717, 1.165) is 11.1 Å². The van der Waals surface area contributed by atoms with Gasteiger partial charge in [0.2, 0.25) is 0 Å². The predicted octanol–water partition coefficient (Wildman–Crippen LogP) is 3.37. The average Bonchev–Trinajstić information content (AvgIpc) is 2.15. The largest absolute Gasteiger partial charge is 0.507 e. The highest BCUT2D eigenvalue weighted by Gasteiger charge is 1.99. The first-order valence-electron chi connectivity index (χ1n) is 4.33. The van der Waals surface area contributed by atoms with Crippen LogP contribution in [0, 0.1) is 0 Å². The van der Waals surface area contributed by atoms with E-state index in [4.69, 9.17) is 0 Å². The molecule has 0 fully saturated rings. The Morgan fingerprint density at radius 3 is 2.62 bits per heavy atom. The van der Waals surface area contributed by atoms with Crippen LogP contribution in [-0.2, 0) is 0 Å². The quantitative estimate of drug-likeness (QED) is 0.681. The first-order chi connectivity index (χ1) is 6.25. The van der Waals surface area contributed by atoms with Crippen LogP contribution in [0.5, 0.6) is 5.75 Å². The summed E-state index contributed by atoms with van der Waals surface area (Å²) in [6, 6.07) is 7.34. The van der Waals surface area contributed by atoms with Gasteiger partial charge in [0.25, 0.3) is 0 Å². The van der Waals surface area contributed by atoms with Crippen molar-refractivity contribution in [2.75, 3.05) is 0 Å². The third-order valence-electron chi connectivity index (χ3n) is 1.87. The van der Waals surface area contributed by atoms with Crippen molar-refractivity contribution in [3.05, 3.63) is 48.1 Å². The van der Waals surface area contributed by atoms with Crippen LogP contribution in [0.15, 0.2) is 42.5 Å². The number of phenolic OH excluding ortho intramolecular Hbond substituents is 1. The summed E-state index contributed by atoms with van der Waals surface area (Å²) in [5, 5.41) is 9.52. The van der Waals surface area contributed by atoms with Crippen LogP contribution in [0.3, 0.4) is 0 Å². The Balaban J connectivity index is 3.01. The molecule has 0 aliphatic rings. The molecule has 0 aromatic heterocycles. The fourth-order valence-corrected chi connectivity index (χ4v) is 1.14. The number of benzene rings is 1. The molecule has 0 spiro atoms. The van der Waals surface area contributed by atoms with Gasteiger partial charge in [0.15, 0.2) is 0 Å². The van der Waals surface area contributed by atoms with Crippen LogP contribution in [-0.4, -0.2) is 5.11 Å². The molecule has 0 aliphatic carbocycles. The summed E-state index contributed by atoms with van der Waals surface area (Å²) in [7, 11) is 0. The Hall–Kier alpha value is -1.50. The molecule has 1 aromatic carbocycles. The summed E-state index contributed by atoms with van der Waals surface area (Å²) in [5.74, 6) is 0.334. The molecule has 0 amide bonds. The van der Waals surface area contributed by atoms with E-state index in [2.05, 4.69) is 0 Å². The van der Waals surface area contributed by atoms with Crippen LogP contribution >= 0.6 is 0 Å². The van der Waals surface area contributed by atoms with Crippen LogP contribution in [0.25, 0.3) is 5.57 Å². The molecular formula is C12H14O. The minimum Gasteiger partial charge on any atom is -0.507 e. The lowest BCUT2D eigenvalue weighted by atomic mass is 10.1. The van der Waals surface area contributed by atoms with Gasteiger partial charge in [-0.1, -0.05) is 36.4 Å². The lowest BCUT2D eigenvalue weighted by Gasteiger charge is -2.02. The Kier molecular flexibility index (Phi) is 3.32. The van der Waals surface area contributed by atoms with Gasteiger partial charge >= 0.3 is 0 Å². The summed E-state index contributed by atoms with van der Waals surface area (Å²) < 4.78 is 0. The number of allylic oxidation sites excluding steroid dienone is 4. The Morgan fingerprint density at radius 1 is 1.31 bits per heavy atom. The summed E-state index contributed by atoms with van der Waals surface area (Å²) in [5.41, 5.74) is 1.96. The average molecular weight is 174 g/mol. The fourth-order valence-electron chi connectivity index (χ4n) is 1.14. The minimum absolute atomic E-state index is 0.334. The van der Waals surface area contributed by atoms with E-state index in [0.29, 0.717) is 5.75 Å². The third kappa shape index (κ3) is 2.48. The molecule has 0 heterocycles. The first kappa shape index (κ1) is 9.59. The first-order valence-corrected chi connectivity index (χ1v) is 4.33. The zero-order valence-corrected chi connectivity index (χ0v) is 7.99. The molecule has 1 rings (SSSR count). The smallest absolute Gasteiger partial charge is 0.123 e. The van der Waals surface area contributed by atoms with Crippen molar-refractivity contribution in [1.29, 1.82) is 0 Å². The zero-order valence-electron chi connectivity index (χ0n) is 7.99. The van der Waals surface area contributed by atoms with Gasteiger partial charge in [-0.05, 0) is 25.5 Å². The second-order valence-electron chi connectivity index (χ2n) is 2.89. The van der Waals surface area contributed by atoms with Crippen LogP contribution < -0.4 is 0 Å². The van der Waals surface area contributed by atoms with E-state index in [1.807, 2.05) is 50.3 Å². The van der Waals surface area contributed by atoms with E-state index in [1.165, 1.54) is 0 Å². The number of aromatic hydroxyl groups is 1. The van der Waals surface area contributed by atoms with Gasteiger partial charge in [-0.3, -0.25) is 0 Å². The van der Waals surface area contributed by atoms with Gasteiger partial charge in [-0.2, -0.15) is 0 Å². The van der Waals surface area contributed by atoms with Crippen molar-refractivity contribution in [3.63, 3.8) is 0 Å². The van der Waals surface area contributed by atoms with Crippen molar-refractivity contribution >= 4 is 5.57 Å². The SMILES string of the molecule is C/C=C\C=C(/C)c1ccccc1O. The summed E-state index contributed by atoms with van der Waals surface area (Å²) in [6.45, 7) is 3.95. The van der Waals surface area contributed by atoms with Gasteiger partial charge in [0.05, 0.1) is 0 Å². The highest BCUT2D eigenvalue weighted by Crippen LogP contribution is 2.23. The van der Waals surface area contributed by atoms with Crippen molar-refractivity contribution < 1.29 is 5.11 Å². The Labute approximate surface area is 79.0 Å². The molecule has 0 unspecified atom stereocenters. The van der Waals surface area contributed by atoms with E-state index in [1.54, 1.807) is 6.07 Å². The summed E-state index contributed by atoms with van der Waals surface area (Å²) in [4.78, 5) is 0. The summed E-state index contributed by atoms with van der Waals surface area (Å²) >= 11 is 0. The van der Waals surface area contributed by atoms with Gasteiger partial charge in [0.1, 0.15) is 5.75 Å². The van der Waals surface area contributed by atoms with E-state index < -0.39 is 0 Å². The number of hydrogen-bond acceptors (Lipinski definition) is 1. The molecule has 1 nitrogen and oxygen atoms in total. The standard InChI is InChI=1S/C12H14O/c1-3-4-7-10(2)11-8-5-6-9-12(11)13/h3-9,13H,1-2H3/b4-3-,10-7+. The van der Waals surface area contributed by atoms with E-state index in [9.17, 15) is 5.11 Å². The molecule has 0 bridgehead atoms. The maximum absolute atomic E-state index is 9.52. The third-order valence-corrected chi connectivity index (χ3v) is 1.87. The van der Waals surface area contributed by atoms with Crippen LogP contribution in [0.2, 0.25) is 0 Å². The summed E-state index contributed by atoms with van der Waals surface area (Å²) in [6.07, 6.45) is 5.90. The van der Waals surface area contributed by atoms with Crippen molar-refractivity contribution in [1.82, 2.24) is 0 Å². The van der Waals surface area contributed by atoms with Crippen molar-refractivity contribution in [2.24, 2.45) is 0 Å². The topological polar surface area (TPSA) is 20.2 Å². The Bertz CT molecular complexity index is 335. The van der Waals surface area contributed by atoms with Gasteiger partial charge in [0, 0.05) is 5.56 Å². The normalized spacial score (nSPS) is 12.3. The maximum Gasteiger partial charge on any atom is 0.123 e. The maximum atomic E-state index is 9.52. The second kappa shape index (κ2) is 4.51.